The second kappa shape index (κ2) is 7.78. The van der Waals surface area contributed by atoms with Gasteiger partial charge in [0.1, 0.15) is 11.3 Å². The second-order valence-corrected chi connectivity index (χ2v) is 7.54. The second-order valence-electron chi connectivity index (χ2n) is 7.54. The van der Waals surface area contributed by atoms with Gasteiger partial charge in [-0.15, -0.1) is 5.10 Å². The number of amides is 1. The number of piperidine rings is 1. The fraction of sp³-hybridized carbons (Fsp3) is 0.550. The lowest BCUT2D eigenvalue weighted by molar-refractivity contribution is -0.128. The molecule has 7 nitrogen and oxygen atoms in total. The number of hydrogen-bond acceptors (Lipinski definition) is 5. The predicted molar refractivity (Wildman–Crippen MR) is 101 cm³/mol. The van der Waals surface area contributed by atoms with Gasteiger partial charge in [0.15, 0.2) is 0 Å². The molecule has 1 atom stereocenters. The Labute approximate surface area is 159 Å². The lowest BCUT2D eigenvalue weighted by atomic mass is 9.91. The molecule has 2 aliphatic rings. The van der Waals surface area contributed by atoms with E-state index in [0.29, 0.717) is 18.7 Å². The van der Waals surface area contributed by atoms with Gasteiger partial charge in [-0.1, -0.05) is 30.3 Å². The van der Waals surface area contributed by atoms with E-state index >= 15 is 0 Å². The highest BCUT2D eigenvalue weighted by molar-refractivity contribution is 5.94. The predicted octanol–water partition coefficient (Wildman–Crippen LogP) is 1.98. The molecule has 1 aromatic carbocycles. The minimum Gasteiger partial charge on any atom is -0.365 e. The van der Waals surface area contributed by atoms with E-state index in [4.69, 9.17) is 4.74 Å². The molecule has 1 N–H and O–H groups in total. The Morgan fingerprint density at radius 3 is 2.96 bits per heavy atom. The number of benzene rings is 1. The first-order valence-corrected chi connectivity index (χ1v) is 9.80. The molecule has 1 saturated heterocycles. The lowest BCUT2D eigenvalue weighted by Gasteiger charge is -2.44. The van der Waals surface area contributed by atoms with Gasteiger partial charge in [0, 0.05) is 12.1 Å². The Morgan fingerprint density at radius 2 is 2.15 bits per heavy atom. The van der Waals surface area contributed by atoms with Crippen LogP contribution in [-0.4, -0.2) is 51.0 Å². The Hall–Kier alpha value is -2.25. The molecule has 1 amide bonds. The Bertz CT molecular complexity index is 789. The maximum absolute atomic E-state index is 12.2. The van der Waals surface area contributed by atoms with E-state index < -0.39 is 0 Å². The molecule has 144 valence electrons. The van der Waals surface area contributed by atoms with Crippen LogP contribution in [0.4, 0.5) is 0 Å². The lowest BCUT2D eigenvalue weighted by Crippen LogP contribution is -2.54. The maximum atomic E-state index is 12.2. The molecule has 2 aromatic rings. The van der Waals surface area contributed by atoms with Gasteiger partial charge in [-0.3, -0.25) is 4.79 Å². The number of carbonyl (C=O) groups is 1. The summed E-state index contributed by atoms with van der Waals surface area (Å²) in [4.78, 5) is 14.7. The van der Waals surface area contributed by atoms with Crippen LogP contribution in [-0.2, 0) is 24.4 Å². The van der Waals surface area contributed by atoms with E-state index in [0.717, 1.165) is 56.8 Å². The molecule has 1 unspecified atom stereocenters. The SMILES string of the molecule is CCCN1CCCC2(C1)Cn1nnc(CNC(=O)c3ccccc3)c1CO2. The van der Waals surface area contributed by atoms with Crippen LogP contribution < -0.4 is 5.32 Å². The number of hydrogen-bond donors (Lipinski definition) is 1. The Kier molecular flexibility index (Phi) is 5.22. The molecule has 2 aliphatic heterocycles. The standard InChI is InChI=1S/C20H27N5O2/c1-2-10-24-11-6-9-20(14-24)15-25-18(13-27-20)17(22-23-25)12-21-19(26)16-7-4-3-5-8-16/h3-5,7-8H,2,6,9-15H2,1H3,(H,21,26). The smallest absolute Gasteiger partial charge is 0.251 e. The van der Waals surface area contributed by atoms with E-state index in [-0.39, 0.29) is 11.5 Å². The zero-order valence-electron chi connectivity index (χ0n) is 15.9. The normalized spacial score (nSPS) is 22.6. The zero-order valence-corrected chi connectivity index (χ0v) is 15.9. The van der Waals surface area contributed by atoms with Crippen molar-refractivity contribution >= 4 is 5.91 Å². The highest BCUT2D eigenvalue weighted by atomic mass is 16.5. The quantitative estimate of drug-likeness (QED) is 0.873. The molecule has 1 spiro atoms. The molecule has 1 fully saturated rings. The monoisotopic (exact) mass is 369 g/mol. The van der Waals surface area contributed by atoms with Gasteiger partial charge in [0.25, 0.3) is 5.91 Å². The molecule has 0 bridgehead atoms. The topological polar surface area (TPSA) is 72.3 Å². The minimum atomic E-state index is -0.154. The average molecular weight is 369 g/mol. The van der Waals surface area contributed by atoms with Gasteiger partial charge in [-0.05, 0) is 44.5 Å². The highest BCUT2D eigenvalue weighted by Gasteiger charge is 2.41. The molecule has 1 aromatic heterocycles. The van der Waals surface area contributed by atoms with Crippen LogP contribution in [0.3, 0.4) is 0 Å². The van der Waals surface area contributed by atoms with Gasteiger partial charge in [0.2, 0.25) is 0 Å². The van der Waals surface area contributed by atoms with Crippen molar-refractivity contribution in [2.75, 3.05) is 19.6 Å². The van der Waals surface area contributed by atoms with Gasteiger partial charge in [-0.2, -0.15) is 0 Å². The van der Waals surface area contributed by atoms with Gasteiger partial charge in [-0.25, -0.2) is 4.68 Å². The number of rotatable bonds is 5. The average Bonchev–Trinajstić information content (AvgIpc) is 3.09. The van der Waals surface area contributed by atoms with E-state index in [2.05, 4.69) is 27.5 Å². The fourth-order valence-corrected chi connectivity index (χ4v) is 4.13. The van der Waals surface area contributed by atoms with Crippen molar-refractivity contribution in [2.24, 2.45) is 0 Å². The van der Waals surface area contributed by atoms with Crippen LogP contribution in [0.5, 0.6) is 0 Å². The molecular formula is C20H27N5O2. The third-order valence-corrected chi connectivity index (χ3v) is 5.48. The largest absolute Gasteiger partial charge is 0.365 e. The third-order valence-electron chi connectivity index (χ3n) is 5.48. The summed E-state index contributed by atoms with van der Waals surface area (Å²) in [6.07, 6.45) is 3.38. The van der Waals surface area contributed by atoms with Crippen LogP contribution in [0.25, 0.3) is 0 Å². The van der Waals surface area contributed by atoms with Gasteiger partial charge < -0.3 is 15.0 Å². The third kappa shape index (κ3) is 3.89. The van der Waals surface area contributed by atoms with Crippen LogP contribution in [0.2, 0.25) is 0 Å². The summed E-state index contributed by atoms with van der Waals surface area (Å²) >= 11 is 0. The zero-order chi connectivity index (χ0) is 18.7. The number of likely N-dealkylation sites (tertiary alicyclic amines) is 1. The van der Waals surface area contributed by atoms with Crippen molar-refractivity contribution in [1.29, 1.82) is 0 Å². The number of nitrogens with zero attached hydrogens (tertiary/aromatic N) is 4. The van der Waals surface area contributed by atoms with Crippen LogP contribution >= 0.6 is 0 Å². The van der Waals surface area contributed by atoms with Gasteiger partial charge in [0.05, 0.1) is 25.4 Å². The molecule has 27 heavy (non-hydrogen) atoms. The summed E-state index contributed by atoms with van der Waals surface area (Å²) in [6, 6.07) is 9.21. The van der Waals surface area contributed by atoms with Gasteiger partial charge >= 0.3 is 0 Å². The first-order chi connectivity index (χ1) is 13.2. The van der Waals surface area contributed by atoms with Crippen LogP contribution in [0.15, 0.2) is 30.3 Å². The molecule has 3 heterocycles. The number of fused-ring (bicyclic) bond motifs is 1. The summed E-state index contributed by atoms with van der Waals surface area (Å²) in [5, 5.41) is 11.6. The first kappa shape index (κ1) is 18.1. The highest BCUT2D eigenvalue weighted by Crippen LogP contribution is 2.32. The Morgan fingerprint density at radius 1 is 1.30 bits per heavy atom. The van der Waals surface area contributed by atoms with E-state index in [1.54, 1.807) is 12.1 Å². The van der Waals surface area contributed by atoms with Crippen molar-refractivity contribution in [1.82, 2.24) is 25.2 Å². The van der Waals surface area contributed by atoms with E-state index in [1.807, 2.05) is 22.9 Å². The molecular weight excluding hydrogens is 342 g/mol. The summed E-state index contributed by atoms with van der Waals surface area (Å²) in [7, 11) is 0. The molecule has 0 aliphatic carbocycles. The summed E-state index contributed by atoms with van der Waals surface area (Å²) in [5.41, 5.74) is 2.25. The Balaban J connectivity index is 1.41. The number of carbonyl (C=O) groups excluding carboxylic acids is 1. The molecule has 4 rings (SSSR count). The number of ether oxygens (including phenoxy) is 1. The summed E-state index contributed by atoms with van der Waals surface area (Å²) < 4.78 is 8.32. The summed E-state index contributed by atoms with van der Waals surface area (Å²) in [6.45, 7) is 7.05. The molecule has 0 saturated carbocycles. The first-order valence-electron chi connectivity index (χ1n) is 9.80. The summed E-state index contributed by atoms with van der Waals surface area (Å²) in [5.74, 6) is -0.104. The van der Waals surface area contributed by atoms with Crippen molar-refractivity contribution < 1.29 is 9.53 Å². The minimum absolute atomic E-state index is 0.104. The van der Waals surface area contributed by atoms with Crippen LogP contribution in [0.1, 0.15) is 47.9 Å². The van der Waals surface area contributed by atoms with E-state index in [1.165, 1.54) is 0 Å². The maximum Gasteiger partial charge on any atom is 0.251 e. The van der Waals surface area contributed by atoms with Crippen molar-refractivity contribution in [3.63, 3.8) is 0 Å². The molecule has 0 radical (unpaired) electrons. The van der Waals surface area contributed by atoms with Crippen molar-refractivity contribution in [3.05, 3.63) is 47.3 Å². The number of nitrogens with one attached hydrogen (secondary N) is 1. The fourth-order valence-electron chi connectivity index (χ4n) is 4.13. The van der Waals surface area contributed by atoms with Crippen molar-refractivity contribution in [3.8, 4) is 0 Å². The van der Waals surface area contributed by atoms with Crippen molar-refractivity contribution in [2.45, 2.75) is 51.5 Å². The number of aromatic nitrogens is 3. The van der Waals surface area contributed by atoms with E-state index in [9.17, 15) is 4.79 Å². The van der Waals surface area contributed by atoms with Crippen LogP contribution in [0, 0.1) is 0 Å². The molecule has 7 heteroatoms.